The van der Waals surface area contributed by atoms with Crippen molar-refractivity contribution < 1.29 is 0 Å². The number of anilines is 2. The fraction of sp³-hybridized carbons (Fsp3) is 0.231. The molecule has 0 aliphatic carbocycles. The third kappa shape index (κ3) is 2.64. The van der Waals surface area contributed by atoms with Crippen molar-refractivity contribution in [1.29, 1.82) is 0 Å². The van der Waals surface area contributed by atoms with Gasteiger partial charge in [0.2, 0.25) is 0 Å². The molecule has 4 heteroatoms. The molecule has 88 valence electrons. The highest BCUT2D eigenvalue weighted by Crippen LogP contribution is 2.28. The minimum absolute atomic E-state index is 0.860. The third-order valence-corrected chi connectivity index (χ3v) is 3.13. The van der Waals surface area contributed by atoms with Gasteiger partial charge in [-0.2, -0.15) is 0 Å². The monoisotopic (exact) mass is 291 g/mol. The Morgan fingerprint density at radius 3 is 2.53 bits per heavy atom. The van der Waals surface area contributed by atoms with Crippen molar-refractivity contribution >= 4 is 27.4 Å². The van der Waals surface area contributed by atoms with Crippen LogP contribution in [0.25, 0.3) is 0 Å². The predicted molar refractivity (Wildman–Crippen MR) is 73.6 cm³/mol. The molecule has 0 aliphatic heterocycles. The number of rotatable bonds is 3. The number of aryl methyl sites for hydroxylation is 1. The van der Waals surface area contributed by atoms with E-state index in [0.717, 1.165) is 22.5 Å². The van der Waals surface area contributed by atoms with E-state index >= 15 is 0 Å². The molecule has 1 heterocycles. The number of hydrogen-bond acceptors (Lipinski definition) is 3. The summed E-state index contributed by atoms with van der Waals surface area (Å²) in [4.78, 5) is 10.4. The molecule has 0 spiro atoms. The van der Waals surface area contributed by atoms with Gasteiger partial charge in [-0.05, 0) is 41.9 Å². The van der Waals surface area contributed by atoms with Crippen LogP contribution in [0.5, 0.6) is 0 Å². The van der Waals surface area contributed by atoms with Crippen LogP contribution in [0.15, 0.2) is 41.3 Å². The molecule has 0 amide bonds. The van der Waals surface area contributed by atoms with Crippen molar-refractivity contribution in [3.63, 3.8) is 0 Å². The second-order valence-corrected chi connectivity index (χ2v) is 4.63. The summed E-state index contributed by atoms with van der Waals surface area (Å²) in [5, 5.41) is 0. The molecule has 0 unspecified atom stereocenters. The first-order chi connectivity index (χ1) is 8.22. The Kier molecular flexibility index (Phi) is 3.74. The summed E-state index contributed by atoms with van der Waals surface area (Å²) in [5.41, 5.74) is 2.39. The van der Waals surface area contributed by atoms with Crippen LogP contribution in [0.1, 0.15) is 12.5 Å². The molecule has 17 heavy (non-hydrogen) atoms. The molecule has 1 aromatic heterocycles. The summed E-state index contributed by atoms with van der Waals surface area (Å²) >= 11 is 3.48. The molecule has 0 fully saturated rings. The van der Waals surface area contributed by atoms with E-state index in [4.69, 9.17) is 0 Å². The second-order valence-electron chi connectivity index (χ2n) is 3.77. The van der Waals surface area contributed by atoms with Crippen LogP contribution in [0.2, 0.25) is 0 Å². The normalized spacial score (nSPS) is 10.3. The first-order valence-electron chi connectivity index (χ1n) is 5.52. The van der Waals surface area contributed by atoms with Crippen LogP contribution >= 0.6 is 15.9 Å². The van der Waals surface area contributed by atoms with Crippen molar-refractivity contribution in [2.75, 3.05) is 11.4 Å². The average Bonchev–Trinajstić information content (AvgIpc) is 2.35. The molecule has 0 aliphatic rings. The zero-order chi connectivity index (χ0) is 12.3. The highest BCUT2D eigenvalue weighted by atomic mass is 79.9. The van der Waals surface area contributed by atoms with Gasteiger partial charge in [0, 0.05) is 18.4 Å². The standard InChI is InChI=1S/C13H14BrN3/c1-3-17(11-6-4-10(2)5-7-11)13-12(14)8-15-9-16-13/h4-9H,3H2,1-2H3. The fourth-order valence-electron chi connectivity index (χ4n) is 1.68. The number of aromatic nitrogens is 2. The van der Waals surface area contributed by atoms with Crippen molar-refractivity contribution in [1.82, 2.24) is 9.97 Å². The maximum Gasteiger partial charge on any atom is 0.150 e. The van der Waals surface area contributed by atoms with E-state index in [2.05, 4.69) is 68.9 Å². The van der Waals surface area contributed by atoms with E-state index in [0.29, 0.717) is 0 Å². The van der Waals surface area contributed by atoms with Gasteiger partial charge >= 0.3 is 0 Å². The van der Waals surface area contributed by atoms with Crippen molar-refractivity contribution in [2.45, 2.75) is 13.8 Å². The molecule has 0 saturated carbocycles. The minimum atomic E-state index is 0.860. The fourth-order valence-corrected chi connectivity index (χ4v) is 2.12. The van der Waals surface area contributed by atoms with E-state index in [1.54, 1.807) is 12.5 Å². The van der Waals surface area contributed by atoms with E-state index < -0.39 is 0 Å². The van der Waals surface area contributed by atoms with Gasteiger partial charge in [-0.25, -0.2) is 9.97 Å². The number of nitrogens with zero attached hydrogens (tertiary/aromatic N) is 3. The van der Waals surface area contributed by atoms with Crippen molar-refractivity contribution in [2.24, 2.45) is 0 Å². The highest BCUT2D eigenvalue weighted by Gasteiger charge is 2.11. The quantitative estimate of drug-likeness (QED) is 0.863. The van der Waals surface area contributed by atoms with Crippen molar-refractivity contribution in [3.05, 3.63) is 46.8 Å². The molecule has 0 N–H and O–H groups in total. The third-order valence-electron chi connectivity index (χ3n) is 2.57. The summed E-state index contributed by atoms with van der Waals surface area (Å²) in [5.74, 6) is 0.895. The van der Waals surface area contributed by atoms with Crippen LogP contribution < -0.4 is 4.90 Å². The van der Waals surface area contributed by atoms with Crippen LogP contribution in [0.4, 0.5) is 11.5 Å². The molecule has 3 nitrogen and oxygen atoms in total. The van der Waals surface area contributed by atoms with Gasteiger partial charge in [0.1, 0.15) is 6.33 Å². The van der Waals surface area contributed by atoms with Gasteiger partial charge < -0.3 is 4.90 Å². The van der Waals surface area contributed by atoms with Gasteiger partial charge in [0.05, 0.1) is 4.47 Å². The molecule has 2 aromatic rings. The van der Waals surface area contributed by atoms with Gasteiger partial charge in [-0.15, -0.1) is 0 Å². The van der Waals surface area contributed by atoms with E-state index in [-0.39, 0.29) is 0 Å². The maximum atomic E-state index is 4.32. The molecule has 0 radical (unpaired) electrons. The molecular weight excluding hydrogens is 278 g/mol. The van der Waals surface area contributed by atoms with Crippen LogP contribution in [-0.2, 0) is 0 Å². The number of halogens is 1. The lowest BCUT2D eigenvalue weighted by atomic mass is 10.2. The Hall–Kier alpha value is -1.42. The zero-order valence-corrected chi connectivity index (χ0v) is 11.5. The van der Waals surface area contributed by atoms with Gasteiger partial charge in [-0.1, -0.05) is 17.7 Å². The summed E-state index contributed by atoms with van der Waals surface area (Å²) in [6.45, 7) is 5.05. The highest BCUT2D eigenvalue weighted by molar-refractivity contribution is 9.10. The molecular formula is C13H14BrN3. The number of benzene rings is 1. The van der Waals surface area contributed by atoms with Gasteiger partial charge in [0.25, 0.3) is 0 Å². The smallest absolute Gasteiger partial charge is 0.150 e. The maximum absolute atomic E-state index is 4.32. The summed E-state index contributed by atoms with van der Waals surface area (Å²) in [7, 11) is 0. The van der Waals surface area contributed by atoms with Crippen molar-refractivity contribution in [3.8, 4) is 0 Å². The summed E-state index contributed by atoms with van der Waals surface area (Å²) < 4.78 is 0.905. The largest absolute Gasteiger partial charge is 0.326 e. The lowest BCUT2D eigenvalue weighted by molar-refractivity contribution is 0.968. The summed E-state index contributed by atoms with van der Waals surface area (Å²) in [6.07, 6.45) is 3.33. The van der Waals surface area contributed by atoms with E-state index in [1.165, 1.54) is 5.56 Å². The first kappa shape index (κ1) is 12.0. The van der Waals surface area contributed by atoms with Gasteiger partial charge in [-0.3, -0.25) is 0 Å². The molecule has 0 saturated heterocycles. The topological polar surface area (TPSA) is 29.0 Å². The van der Waals surface area contributed by atoms with Crippen LogP contribution in [-0.4, -0.2) is 16.5 Å². The Morgan fingerprint density at radius 2 is 1.94 bits per heavy atom. The van der Waals surface area contributed by atoms with Crippen LogP contribution in [0, 0.1) is 6.92 Å². The Bertz CT molecular complexity index is 496. The predicted octanol–water partition coefficient (Wildman–Crippen LogP) is 3.71. The summed E-state index contributed by atoms with van der Waals surface area (Å²) in [6, 6.07) is 8.42. The SMILES string of the molecule is CCN(c1ccc(C)cc1)c1ncncc1Br. The molecule has 0 atom stereocenters. The Morgan fingerprint density at radius 1 is 1.24 bits per heavy atom. The molecule has 2 rings (SSSR count). The second kappa shape index (κ2) is 5.27. The lowest BCUT2D eigenvalue weighted by Crippen LogP contribution is -2.17. The lowest BCUT2D eigenvalue weighted by Gasteiger charge is -2.22. The van der Waals surface area contributed by atoms with E-state index in [1.807, 2.05) is 0 Å². The number of hydrogen-bond donors (Lipinski definition) is 0. The molecule has 1 aromatic carbocycles. The Balaban J connectivity index is 2.40. The minimum Gasteiger partial charge on any atom is -0.326 e. The average molecular weight is 292 g/mol. The first-order valence-corrected chi connectivity index (χ1v) is 6.31. The molecule has 0 bridgehead atoms. The Labute approximate surface area is 110 Å². The van der Waals surface area contributed by atoms with E-state index in [9.17, 15) is 0 Å². The van der Waals surface area contributed by atoms with Crippen LogP contribution in [0.3, 0.4) is 0 Å². The zero-order valence-electron chi connectivity index (χ0n) is 9.89. The van der Waals surface area contributed by atoms with Gasteiger partial charge in [0.15, 0.2) is 5.82 Å².